The smallest absolute Gasteiger partial charge is 0.310 e. The normalized spacial score (nSPS) is 16.7. The van der Waals surface area contributed by atoms with E-state index >= 15 is 0 Å². The molecule has 0 bridgehead atoms. The molecule has 0 aliphatic carbocycles. The number of amides is 1. The van der Waals surface area contributed by atoms with Crippen LogP contribution in [0.4, 0.5) is 0 Å². The molecule has 1 unspecified atom stereocenters. The summed E-state index contributed by atoms with van der Waals surface area (Å²) in [5.74, 6) is 0.517. The number of esters is 1. The van der Waals surface area contributed by atoms with Gasteiger partial charge in [0.15, 0.2) is 5.69 Å². The average Bonchev–Trinajstić information content (AvgIpc) is 3.07. The summed E-state index contributed by atoms with van der Waals surface area (Å²) >= 11 is 0. The van der Waals surface area contributed by atoms with Gasteiger partial charge in [-0.1, -0.05) is 23.4 Å². The number of carbonyl (C=O) groups excluding carboxylic acids is 2. The molecule has 28 heavy (non-hydrogen) atoms. The Morgan fingerprint density at radius 1 is 1.29 bits per heavy atom. The Morgan fingerprint density at radius 2 is 2.07 bits per heavy atom. The number of aryl methyl sites for hydroxylation is 2. The van der Waals surface area contributed by atoms with Crippen molar-refractivity contribution in [1.82, 2.24) is 10.1 Å². The van der Waals surface area contributed by atoms with Crippen LogP contribution in [-0.4, -0.2) is 41.6 Å². The molecule has 7 heteroatoms. The van der Waals surface area contributed by atoms with Crippen LogP contribution in [0.5, 0.6) is 5.75 Å². The van der Waals surface area contributed by atoms with Crippen LogP contribution in [0.1, 0.15) is 47.1 Å². The number of para-hydroxylation sites is 1. The molecule has 3 rings (SSSR count). The summed E-state index contributed by atoms with van der Waals surface area (Å²) in [4.78, 5) is 26.7. The molecule has 2 heterocycles. The molecule has 1 aliphatic rings. The fraction of sp³-hybridized carbons (Fsp3) is 0.476. The second kappa shape index (κ2) is 8.91. The Bertz CT molecular complexity index is 845. The number of rotatable bonds is 6. The van der Waals surface area contributed by atoms with Crippen molar-refractivity contribution >= 4 is 11.9 Å². The maximum atomic E-state index is 13.0. The maximum absolute atomic E-state index is 13.0. The van der Waals surface area contributed by atoms with E-state index in [2.05, 4.69) is 5.16 Å². The third kappa shape index (κ3) is 4.35. The third-order valence-corrected chi connectivity index (χ3v) is 4.98. The van der Waals surface area contributed by atoms with Crippen LogP contribution in [0.2, 0.25) is 0 Å². The van der Waals surface area contributed by atoms with Crippen LogP contribution in [-0.2, 0) is 16.1 Å². The largest absolute Gasteiger partial charge is 0.488 e. The fourth-order valence-electron chi connectivity index (χ4n) is 3.36. The Morgan fingerprint density at radius 3 is 2.82 bits per heavy atom. The lowest BCUT2D eigenvalue weighted by molar-refractivity contribution is -0.149. The van der Waals surface area contributed by atoms with Gasteiger partial charge in [-0.3, -0.25) is 9.59 Å². The zero-order valence-corrected chi connectivity index (χ0v) is 16.6. The van der Waals surface area contributed by atoms with Crippen molar-refractivity contribution in [2.75, 3.05) is 19.7 Å². The number of hydrogen-bond acceptors (Lipinski definition) is 6. The van der Waals surface area contributed by atoms with Crippen molar-refractivity contribution in [3.63, 3.8) is 0 Å². The van der Waals surface area contributed by atoms with E-state index in [1.54, 1.807) is 18.7 Å². The molecule has 1 fully saturated rings. The second-order valence-electron chi connectivity index (χ2n) is 6.96. The van der Waals surface area contributed by atoms with Gasteiger partial charge in [0.05, 0.1) is 18.1 Å². The molecule has 1 atom stereocenters. The van der Waals surface area contributed by atoms with E-state index < -0.39 is 0 Å². The van der Waals surface area contributed by atoms with E-state index in [0.717, 1.165) is 24.2 Å². The highest BCUT2D eigenvalue weighted by Gasteiger charge is 2.32. The quantitative estimate of drug-likeness (QED) is 0.709. The molecule has 1 aromatic carbocycles. The van der Waals surface area contributed by atoms with Gasteiger partial charge in [-0.05, 0) is 45.2 Å². The Kier molecular flexibility index (Phi) is 6.34. The number of benzene rings is 1. The summed E-state index contributed by atoms with van der Waals surface area (Å²) < 4.78 is 16.3. The van der Waals surface area contributed by atoms with Gasteiger partial charge in [-0.2, -0.15) is 0 Å². The van der Waals surface area contributed by atoms with Crippen molar-refractivity contribution < 1.29 is 23.6 Å². The number of ether oxygens (including phenoxy) is 2. The lowest BCUT2D eigenvalue weighted by atomic mass is 9.97. The van der Waals surface area contributed by atoms with Crippen molar-refractivity contribution in [1.29, 1.82) is 0 Å². The van der Waals surface area contributed by atoms with Gasteiger partial charge >= 0.3 is 5.97 Å². The second-order valence-corrected chi connectivity index (χ2v) is 6.96. The Labute approximate surface area is 164 Å². The van der Waals surface area contributed by atoms with Gasteiger partial charge in [0.2, 0.25) is 0 Å². The van der Waals surface area contributed by atoms with Crippen LogP contribution in [0, 0.1) is 19.8 Å². The lowest BCUT2D eigenvalue weighted by Crippen LogP contribution is -2.43. The molecule has 0 saturated carbocycles. The van der Waals surface area contributed by atoms with E-state index in [-0.39, 0.29) is 30.1 Å². The van der Waals surface area contributed by atoms with Gasteiger partial charge in [0, 0.05) is 13.1 Å². The predicted octanol–water partition coefficient (Wildman–Crippen LogP) is 3.29. The molecule has 1 aromatic heterocycles. The monoisotopic (exact) mass is 386 g/mol. The minimum absolute atomic E-state index is 0.191. The predicted molar refractivity (Wildman–Crippen MR) is 102 cm³/mol. The Hall–Kier alpha value is -2.83. The molecule has 1 aliphatic heterocycles. The number of hydrogen-bond donors (Lipinski definition) is 0. The topological polar surface area (TPSA) is 81.9 Å². The van der Waals surface area contributed by atoms with Gasteiger partial charge in [0.1, 0.15) is 18.1 Å². The van der Waals surface area contributed by atoms with Gasteiger partial charge in [-0.25, -0.2) is 0 Å². The highest BCUT2D eigenvalue weighted by Crippen LogP contribution is 2.24. The maximum Gasteiger partial charge on any atom is 0.310 e. The first-order chi connectivity index (χ1) is 13.5. The summed E-state index contributed by atoms with van der Waals surface area (Å²) in [6.07, 6.45) is 1.48. The molecule has 7 nitrogen and oxygen atoms in total. The first-order valence-corrected chi connectivity index (χ1v) is 9.60. The first-order valence-electron chi connectivity index (χ1n) is 9.60. The highest BCUT2D eigenvalue weighted by atomic mass is 16.5. The van der Waals surface area contributed by atoms with Crippen LogP contribution in [0.25, 0.3) is 0 Å². The van der Waals surface area contributed by atoms with E-state index in [0.29, 0.717) is 31.0 Å². The molecule has 150 valence electrons. The van der Waals surface area contributed by atoms with Crippen LogP contribution >= 0.6 is 0 Å². The van der Waals surface area contributed by atoms with Crippen molar-refractivity contribution in [2.24, 2.45) is 5.92 Å². The average molecular weight is 386 g/mol. The molecule has 0 spiro atoms. The van der Waals surface area contributed by atoms with Crippen LogP contribution in [0.3, 0.4) is 0 Å². The van der Waals surface area contributed by atoms with Gasteiger partial charge in [0.25, 0.3) is 5.91 Å². The van der Waals surface area contributed by atoms with E-state index in [1.165, 1.54) is 0 Å². The van der Waals surface area contributed by atoms with E-state index in [9.17, 15) is 9.59 Å². The summed E-state index contributed by atoms with van der Waals surface area (Å²) in [6.45, 7) is 6.95. The summed E-state index contributed by atoms with van der Waals surface area (Å²) in [5.41, 5.74) is 1.89. The summed E-state index contributed by atoms with van der Waals surface area (Å²) in [5, 5.41) is 3.97. The number of nitrogens with zero attached hydrogens (tertiary/aromatic N) is 2. The minimum Gasteiger partial charge on any atom is -0.488 e. The Balaban J connectivity index is 1.72. The fourth-order valence-corrected chi connectivity index (χ4v) is 3.36. The van der Waals surface area contributed by atoms with E-state index in [1.807, 2.05) is 31.2 Å². The molecule has 1 saturated heterocycles. The van der Waals surface area contributed by atoms with Crippen LogP contribution < -0.4 is 4.74 Å². The molecule has 0 N–H and O–H groups in total. The third-order valence-electron chi connectivity index (χ3n) is 4.98. The SMILES string of the molecule is CCOC(=O)C1CCCN(C(=O)c2noc(C)c2COc2ccccc2C)C1. The standard InChI is InChI=1S/C21H26N2O5/c1-4-26-21(25)16-9-7-11-23(12-16)20(24)19-17(15(3)28-22-19)13-27-18-10-6-5-8-14(18)2/h5-6,8,10,16H,4,7,9,11-13H2,1-3H3. The molecular weight excluding hydrogens is 360 g/mol. The molecule has 0 radical (unpaired) electrons. The minimum atomic E-state index is -0.294. The van der Waals surface area contributed by atoms with Gasteiger partial charge in [-0.15, -0.1) is 0 Å². The number of likely N-dealkylation sites (tertiary alicyclic amines) is 1. The van der Waals surface area contributed by atoms with Crippen molar-refractivity contribution in [2.45, 2.75) is 40.2 Å². The first kappa shape index (κ1) is 19.9. The molecule has 1 amide bonds. The molecule has 2 aromatic rings. The summed E-state index contributed by atoms with van der Waals surface area (Å²) in [7, 11) is 0. The van der Waals surface area contributed by atoms with Crippen molar-refractivity contribution in [3.8, 4) is 5.75 Å². The van der Waals surface area contributed by atoms with Gasteiger partial charge < -0.3 is 18.9 Å². The molecular formula is C21H26N2O5. The zero-order chi connectivity index (χ0) is 20.1. The number of aromatic nitrogens is 1. The number of piperidine rings is 1. The number of carbonyl (C=O) groups is 2. The van der Waals surface area contributed by atoms with Crippen molar-refractivity contribution in [3.05, 3.63) is 46.8 Å². The van der Waals surface area contributed by atoms with E-state index in [4.69, 9.17) is 14.0 Å². The lowest BCUT2D eigenvalue weighted by Gasteiger charge is -2.31. The van der Waals surface area contributed by atoms with Crippen LogP contribution in [0.15, 0.2) is 28.8 Å². The zero-order valence-electron chi connectivity index (χ0n) is 16.6. The highest BCUT2D eigenvalue weighted by molar-refractivity contribution is 5.94. The summed E-state index contributed by atoms with van der Waals surface area (Å²) in [6, 6.07) is 7.69.